The summed E-state index contributed by atoms with van der Waals surface area (Å²) < 4.78 is 10.1. The summed E-state index contributed by atoms with van der Waals surface area (Å²) in [5, 5.41) is 0.828. The van der Waals surface area contributed by atoms with Crippen LogP contribution in [0.4, 0.5) is 0 Å². The molecule has 0 N–H and O–H groups in total. The molecule has 0 saturated heterocycles. The molecule has 8 heteroatoms. The number of likely N-dealkylation sites (N-methyl/N-ethyl adjacent to an activating group) is 1. The fraction of sp³-hybridized carbons (Fsp3) is 0.500. The van der Waals surface area contributed by atoms with Crippen molar-refractivity contribution in [3.63, 3.8) is 0 Å². The van der Waals surface area contributed by atoms with Gasteiger partial charge in [0.2, 0.25) is 0 Å². The van der Waals surface area contributed by atoms with E-state index in [0.29, 0.717) is 28.9 Å². The molecule has 0 spiro atoms. The molecular weight excluding hydrogens is 355 g/mol. The van der Waals surface area contributed by atoms with Crippen LogP contribution in [0.1, 0.15) is 6.42 Å². The first-order valence-corrected chi connectivity index (χ1v) is 8.16. The number of halogens is 2. The van der Waals surface area contributed by atoms with Crippen LogP contribution in [-0.2, 0) is 14.3 Å². The van der Waals surface area contributed by atoms with Gasteiger partial charge in [0, 0.05) is 24.7 Å². The lowest BCUT2D eigenvalue weighted by atomic mass is 10.3. The molecule has 1 amide bonds. The largest absolute Gasteiger partial charge is 0.482 e. The number of amides is 1. The maximum atomic E-state index is 12.4. The highest BCUT2D eigenvalue weighted by Crippen LogP contribution is 2.27. The minimum absolute atomic E-state index is 0.136. The Balaban J connectivity index is 2.62. The normalized spacial score (nSPS) is 10.6. The van der Waals surface area contributed by atoms with E-state index in [0.717, 1.165) is 0 Å². The van der Waals surface area contributed by atoms with Crippen LogP contribution in [0.2, 0.25) is 10.0 Å². The summed E-state index contributed by atoms with van der Waals surface area (Å²) in [5.74, 6) is -0.207. The van der Waals surface area contributed by atoms with Crippen LogP contribution in [0, 0.1) is 0 Å². The van der Waals surface area contributed by atoms with Gasteiger partial charge in [0.25, 0.3) is 5.91 Å². The Hall–Kier alpha value is -1.50. The van der Waals surface area contributed by atoms with Crippen LogP contribution >= 0.6 is 23.2 Å². The molecule has 0 aliphatic heterocycles. The van der Waals surface area contributed by atoms with Crippen LogP contribution in [0.25, 0.3) is 0 Å². The zero-order valence-corrected chi connectivity index (χ0v) is 15.6. The predicted octanol–water partition coefficient (Wildman–Crippen LogP) is 2.33. The Morgan fingerprint density at radius 2 is 1.83 bits per heavy atom. The molecule has 1 rings (SSSR count). The Morgan fingerprint density at radius 1 is 1.12 bits per heavy atom. The first-order valence-electron chi connectivity index (χ1n) is 7.40. The van der Waals surface area contributed by atoms with Gasteiger partial charge >= 0.3 is 5.97 Å². The first kappa shape index (κ1) is 20.5. The van der Waals surface area contributed by atoms with Gasteiger partial charge in [0.1, 0.15) is 5.75 Å². The maximum absolute atomic E-state index is 12.4. The first-order chi connectivity index (χ1) is 11.3. The van der Waals surface area contributed by atoms with E-state index in [-0.39, 0.29) is 31.4 Å². The lowest BCUT2D eigenvalue weighted by Gasteiger charge is -2.24. The Morgan fingerprint density at radius 3 is 2.42 bits per heavy atom. The molecular formula is C16H22Cl2N2O4. The molecule has 0 aliphatic carbocycles. The molecule has 0 fully saturated rings. The molecule has 0 unspecified atom stereocenters. The van der Waals surface area contributed by atoms with E-state index in [2.05, 4.69) is 4.74 Å². The summed E-state index contributed by atoms with van der Waals surface area (Å²) in [6, 6.07) is 4.79. The molecule has 0 bridgehead atoms. The van der Waals surface area contributed by atoms with Crippen LogP contribution in [-0.4, -0.2) is 69.1 Å². The topological polar surface area (TPSA) is 59.1 Å². The maximum Gasteiger partial charge on any atom is 0.307 e. The Bertz CT molecular complexity index is 567. The van der Waals surface area contributed by atoms with E-state index < -0.39 is 0 Å². The molecule has 134 valence electrons. The predicted molar refractivity (Wildman–Crippen MR) is 93.7 cm³/mol. The van der Waals surface area contributed by atoms with Crippen molar-refractivity contribution in [2.45, 2.75) is 6.42 Å². The second-order valence-corrected chi connectivity index (χ2v) is 6.22. The van der Waals surface area contributed by atoms with Gasteiger partial charge in [-0.05, 0) is 32.3 Å². The molecule has 0 saturated carbocycles. The Labute approximate surface area is 152 Å². The third kappa shape index (κ3) is 7.38. The van der Waals surface area contributed by atoms with Gasteiger partial charge in [-0.3, -0.25) is 9.59 Å². The number of nitrogens with zero attached hydrogens (tertiary/aromatic N) is 2. The van der Waals surface area contributed by atoms with Crippen LogP contribution in [0.3, 0.4) is 0 Å². The van der Waals surface area contributed by atoms with Crippen molar-refractivity contribution in [1.82, 2.24) is 9.80 Å². The number of methoxy groups -OCH3 is 1. The number of carbonyl (C=O) groups excluding carboxylic acids is 2. The van der Waals surface area contributed by atoms with Gasteiger partial charge in [0.05, 0.1) is 18.6 Å². The summed E-state index contributed by atoms with van der Waals surface area (Å²) in [6.07, 6.45) is 0.136. The van der Waals surface area contributed by atoms with Crippen molar-refractivity contribution in [1.29, 1.82) is 0 Å². The lowest BCUT2D eigenvalue weighted by molar-refractivity contribution is -0.142. The summed E-state index contributed by atoms with van der Waals surface area (Å²) in [7, 11) is 5.14. The number of hydrogen-bond acceptors (Lipinski definition) is 5. The highest BCUT2D eigenvalue weighted by molar-refractivity contribution is 6.35. The van der Waals surface area contributed by atoms with Crippen molar-refractivity contribution >= 4 is 35.1 Å². The summed E-state index contributed by atoms with van der Waals surface area (Å²) in [5.41, 5.74) is 0. The third-order valence-corrected chi connectivity index (χ3v) is 3.76. The molecule has 0 atom stereocenters. The van der Waals surface area contributed by atoms with Crippen molar-refractivity contribution < 1.29 is 19.1 Å². The Kier molecular flexibility index (Phi) is 8.89. The van der Waals surface area contributed by atoms with Crippen LogP contribution < -0.4 is 4.74 Å². The van der Waals surface area contributed by atoms with E-state index in [4.69, 9.17) is 27.9 Å². The van der Waals surface area contributed by atoms with Gasteiger partial charge < -0.3 is 19.3 Å². The fourth-order valence-electron chi connectivity index (χ4n) is 1.83. The zero-order valence-electron chi connectivity index (χ0n) is 14.1. The fourth-order valence-corrected chi connectivity index (χ4v) is 2.30. The van der Waals surface area contributed by atoms with E-state index >= 15 is 0 Å². The summed E-state index contributed by atoms with van der Waals surface area (Å²) >= 11 is 11.8. The molecule has 0 heterocycles. The molecule has 0 radical (unpaired) electrons. The molecule has 1 aromatic carbocycles. The van der Waals surface area contributed by atoms with Gasteiger partial charge in [-0.2, -0.15) is 0 Å². The molecule has 0 aliphatic rings. The number of esters is 1. The van der Waals surface area contributed by atoms with Gasteiger partial charge in [-0.1, -0.05) is 23.2 Å². The standard InChI is InChI=1S/C16H22Cl2N2O4/c1-19(2)8-9-20(7-6-16(22)23-3)15(21)11-24-14-5-4-12(17)10-13(14)18/h4-5,10H,6-9,11H2,1-3H3. The van der Waals surface area contributed by atoms with Crippen LogP contribution in [0.5, 0.6) is 5.75 Å². The number of ether oxygens (including phenoxy) is 2. The summed E-state index contributed by atoms with van der Waals surface area (Å²) in [4.78, 5) is 27.2. The minimum Gasteiger partial charge on any atom is -0.482 e. The highest BCUT2D eigenvalue weighted by Gasteiger charge is 2.17. The van der Waals surface area contributed by atoms with Gasteiger partial charge in [-0.15, -0.1) is 0 Å². The monoisotopic (exact) mass is 376 g/mol. The zero-order chi connectivity index (χ0) is 18.1. The van der Waals surface area contributed by atoms with E-state index in [9.17, 15) is 9.59 Å². The molecule has 0 aromatic heterocycles. The third-order valence-electron chi connectivity index (χ3n) is 3.23. The van der Waals surface area contributed by atoms with Crippen LogP contribution in [0.15, 0.2) is 18.2 Å². The lowest BCUT2D eigenvalue weighted by Crippen LogP contribution is -2.40. The second kappa shape index (κ2) is 10.4. The van der Waals surface area contributed by atoms with Crippen molar-refractivity contribution in [3.8, 4) is 5.75 Å². The van der Waals surface area contributed by atoms with E-state index in [1.807, 2.05) is 19.0 Å². The quantitative estimate of drug-likeness (QED) is 0.619. The van der Waals surface area contributed by atoms with Gasteiger partial charge in [-0.25, -0.2) is 0 Å². The average Bonchev–Trinajstić information content (AvgIpc) is 2.53. The van der Waals surface area contributed by atoms with E-state index in [1.54, 1.807) is 23.1 Å². The number of carbonyl (C=O) groups is 2. The highest BCUT2D eigenvalue weighted by atomic mass is 35.5. The average molecular weight is 377 g/mol. The van der Waals surface area contributed by atoms with E-state index in [1.165, 1.54) is 7.11 Å². The molecule has 6 nitrogen and oxygen atoms in total. The number of hydrogen-bond donors (Lipinski definition) is 0. The number of benzene rings is 1. The minimum atomic E-state index is -0.362. The molecule has 24 heavy (non-hydrogen) atoms. The second-order valence-electron chi connectivity index (χ2n) is 5.37. The van der Waals surface area contributed by atoms with Crippen molar-refractivity contribution in [2.24, 2.45) is 0 Å². The van der Waals surface area contributed by atoms with Gasteiger partial charge in [0.15, 0.2) is 6.61 Å². The smallest absolute Gasteiger partial charge is 0.307 e. The van der Waals surface area contributed by atoms with Crippen molar-refractivity contribution in [2.75, 3.05) is 47.4 Å². The summed E-state index contributed by atoms with van der Waals surface area (Å²) in [6.45, 7) is 1.27. The number of rotatable bonds is 9. The van der Waals surface area contributed by atoms with Crippen molar-refractivity contribution in [3.05, 3.63) is 28.2 Å². The SMILES string of the molecule is COC(=O)CCN(CCN(C)C)C(=O)COc1ccc(Cl)cc1Cl. The molecule has 1 aromatic rings.